The van der Waals surface area contributed by atoms with E-state index in [2.05, 4.69) is 30.8 Å². The van der Waals surface area contributed by atoms with E-state index in [4.69, 9.17) is 14.4 Å². The molecule has 0 aliphatic carbocycles. The molecule has 1 fully saturated rings. The van der Waals surface area contributed by atoms with Gasteiger partial charge in [0.15, 0.2) is 0 Å². The zero-order chi connectivity index (χ0) is 16.5. The molecule has 1 atom stereocenters. The Morgan fingerprint density at radius 2 is 2.18 bits per heavy atom. The van der Waals surface area contributed by atoms with Gasteiger partial charge in [-0.2, -0.15) is 0 Å². The van der Waals surface area contributed by atoms with Crippen molar-refractivity contribution in [2.75, 3.05) is 13.1 Å². The van der Waals surface area contributed by atoms with E-state index in [1.807, 2.05) is 19.9 Å². The van der Waals surface area contributed by atoms with Crippen LogP contribution in [0.1, 0.15) is 52.5 Å². The van der Waals surface area contributed by atoms with Gasteiger partial charge >= 0.3 is 5.97 Å². The fourth-order valence-electron chi connectivity index (χ4n) is 2.81. The summed E-state index contributed by atoms with van der Waals surface area (Å²) < 4.78 is 11.3. The van der Waals surface area contributed by atoms with Crippen LogP contribution >= 0.6 is 0 Å². The van der Waals surface area contributed by atoms with Gasteiger partial charge in [0.1, 0.15) is 5.76 Å². The molecule has 1 aromatic heterocycles. The summed E-state index contributed by atoms with van der Waals surface area (Å²) in [5.74, 6) is 0.0243. The van der Waals surface area contributed by atoms with Gasteiger partial charge in [0, 0.05) is 31.1 Å². The SMILES string of the molecule is CC1(C)CN(Cc2cc(C(C)(C)C)on2)CC(CC(=O)O)O1. The molecule has 1 aromatic rings. The van der Waals surface area contributed by atoms with Gasteiger partial charge in [0.25, 0.3) is 0 Å². The number of carbonyl (C=O) groups is 1. The molecule has 2 heterocycles. The lowest BCUT2D eigenvalue weighted by Crippen LogP contribution is -2.52. The van der Waals surface area contributed by atoms with E-state index in [1.54, 1.807) is 0 Å². The summed E-state index contributed by atoms with van der Waals surface area (Å²) in [4.78, 5) is 13.1. The topological polar surface area (TPSA) is 75.8 Å². The molecule has 1 aliphatic rings. The summed E-state index contributed by atoms with van der Waals surface area (Å²) >= 11 is 0. The molecule has 124 valence electrons. The molecular weight excluding hydrogens is 284 g/mol. The number of rotatable bonds is 4. The number of ether oxygens (including phenoxy) is 1. The first-order valence-corrected chi connectivity index (χ1v) is 7.63. The third kappa shape index (κ3) is 4.55. The van der Waals surface area contributed by atoms with Crippen LogP contribution in [0.4, 0.5) is 0 Å². The van der Waals surface area contributed by atoms with Crippen LogP contribution in [0.2, 0.25) is 0 Å². The number of hydrogen-bond acceptors (Lipinski definition) is 5. The van der Waals surface area contributed by atoms with Crippen molar-refractivity contribution in [3.05, 3.63) is 17.5 Å². The Morgan fingerprint density at radius 3 is 2.73 bits per heavy atom. The van der Waals surface area contributed by atoms with Crippen molar-refractivity contribution < 1.29 is 19.2 Å². The zero-order valence-corrected chi connectivity index (χ0v) is 14.0. The van der Waals surface area contributed by atoms with Gasteiger partial charge < -0.3 is 14.4 Å². The van der Waals surface area contributed by atoms with Crippen LogP contribution in [-0.4, -0.2) is 45.9 Å². The number of hydrogen-bond donors (Lipinski definition) is 1. The molecule has 0 saturated carbocycles. The molecule has 1 N–H and O–H groups in total. The van der Waals surface area contributed by atoms with Crippen molar-refractivity contribution in [3.63, 3.8) is 0 Å². The van der Waals surface area contributed by atoms with Crippen LogP contribution in [0.5, 0.6) is 0 Å². The minimum atomic E-state index is -0.834. The molecule has 6 nitrogen and oxygen atoms in total. The lowest BCUT2D eigenvalue weighted by Gasteiger charge is -2.42. The molecule has 6 heteroatoms. The van der Waals surface area contributed by atoms with Crippen LogP contribution in [-0.2, 0) is 21.5 Å². The molecule has 1 aliphatic heterocycles. The van der Waals surface area contributed by atoms with Crippen molar-refractivity contribution in [2.24, 2.45) is 0 Å². The largest absolute Gasteiger partial charge is 0.481 e. The summed E-state index contributed by atoms with van der Waals surface area (Å²) in [7, 11) is 0. The van der Waals surface area contributed by atoms with Gasteiger partial charge in [0.2, 0.25) is 0 Å². The van der Waals surface area contributed by atoms with E-state index in [0.717, 1.165) is 18.0 Å². The molecule has 0 bridgehead atoms. The first-order valence-electron chi connectivity index (χ1n) is 7.63. The number of nitrogens with zero attached hydrogens (tertiary/aromatic N) is 2. The van der Waals surface area contributed by atoms with Crippen LogP contribution in [0, 0.1) is 0 Å². The third-order valence-electron chi connectivity index (χ3n) is 3.64. The summed E-state index contributed by atoms with van der Waals surface area (Å²) in [5, 5.41) is 13.1. The number of aromatic nitrogens is 1. The van der Waals surface area contributed by atoms with Gasteiger partial charge in [0.05, 0.1) is 23.8 Å². The Morgan fingerprint density at radius 1 is 1.50 bits per heavy atom. The average Bonchev–Trinajstić information content (AvgIpc) is 2.73. The highest BCUT2D eigenvalue weighted by Gasteiger charge is 2.34. The Balaban J connectivity index is 2.04. The maximum absolute atomic E-state index is 10.9. The first-order chi connectivity index (χ1) is 10.0. The number of carboxylic acid groups (broad SMARTS) is 1. The molecule has 0 amide bonds. The molecule has 22 heavy (non-hydrogen) atoms. The summed E-state index contributed by atoms with van der Waals surface area (Å²) in [6, 6.07) is 1.98. The Hall–Kier alpha value is -1.40. The average molecular weight is 310 g/mol. The van der Waals surface area contributed by atoms with Crippen LogP contribution in [0.15, 0.2) is 10.6 Å². The number of aliphatic carboxylic acids is 1. The standard InChI is InChI=1S/C16H26N2O4/c1-15(2,3)13-6-11(17-22-13)8-18-9-12(7-14(19)20)21-16(4,5)10-18/h6,12H,7-10H2,1-5H3,(H,19,20). The van der Waals surface area contributed by atoms with Crippen molar-refractivity contribution in [1.82, 2.24) is 10.1 Å². The molecule has 0 aromatic carbocycles. The van der Waals surface area contributed by atoms with Crippen molar-refractivity contribution in [3.8, 4) is 0 Å². The Bertz CT molecular complexity index is 530. The lowest BCUT2D eigenvalue weighted by molar-refractivity contribution is -0.158. The van der Waals surface area contributed by atoms with Gasteiger partial charge in [-0.3, -0.25) is 9.69 Å². The molecule has 1 unspecified atom stereocenters. The number of morpholine rings is 1. The fraction of sp³-hybridized carbons (Fsp3) is 0.750. The smallest absolute Gasteiger partial charge is 0.306 e. The highest BCUT2D eigenvalue weighted by molar-refractivity contribution is 5.67. The second-order valence-electron chi connectivity index (χ2n) is 7.70. The van der Waals surface area contributed by atoms with Gasteiger partial charge in [-0.05, 0) is 13.8 Å². The highest BCUT2D eigenvalue weighted by Crippen LogP contribution is 2.26. The van der Waals surface area contributed by atoms with E-state index >= 15 is 0 Å². The van der Waals surface area contributed by atoms with E-state index in [0.29, 0.717) is 13.1 Å². The normalized spacial score (nSPS) is 22.7. The summed E-state index contributed by atoms with van der Waals surface area (Å²) in [6.45, 7) is 12.2. The monoisotopic (exact) mass is 310 g/mol. The minimum Gasteiger partial charge on any atom is -0.481 e. The van der Waals surface area contributed by atoms with Crippen molar-refractivity contribution in [2.45, 2.75) is 64.7 Å². The first kappa shape index (κ1) is 17.0. The van der Waals surface area contributed by atoms with Crippen molar-refractivity contribution >= 4 is 5.97 Å². The molecule has 2 rings (SSSR count). The van der Waals surface area contributed by atoms with Crippen LogP contribution in [0.25, 0.3) is 0 Å². The summed E-state index contributed by atoms with van der Waals surface area (Å²) in [6.07, 6.45) is -0.276. The van der Waals surface area contributed by atoms with Crippen molar-refractivity contribution in [1.29, 1.82) is 0 Å². The van der Waals surface area contributed by atoms with E-state index in [9.17, 15) is 4.79 Å². The van der Waals surface area contributed by atoms with E-state index in [-0.39, 0.29) is 23.5 Å². The molecule has 0 spiro atoms. The summed E-state index contributed by atoms with van der Waals surface area (Å²) in [5.41, 5.74) is 0.438. The molecular formula is C16H26N2O4. The second-order valence-corrected chi connectivity index (χ2v) is 7.70. The predicted molar refractivity (Wildman–Crippen MR) is 81.7 cm³/mol. The Labute approximate surface area is 131 Å². The third-order valence-corrected chi connectivity index (χ3v) is 3.64. The zero-order valence-electron chi connectivity index (χ0n) is 14.0. The molecule has 1 saturated heterocycles. The van der Waals surface area contributed by atoms with E-state index in [1.165, 1.54) is 0 Å². The van der Waals surface area contributed by atoms with Gasteiger partial charge in [-0.25, -0.2) is 0 Å². The lowest BCUT2D eigenvalue weighted by atomic mass is 9.93. The quantitative estimate of drug-likeness (QED) is 0.920. The predicted octanol–water partition coefficient (Wildman–Crippen LogP) is 2.43. The maximum Gasteiger partial charge on any atom is 0.306 e. The van der Waals surface area contributed by atoms with E-state index < -0.39 is 5.97 Å². The fourth-order valence-corrected chi connectivity index (χ4v) is 2.81. The highest BCUT2D eigenvalue weighted by atomic mass is 16.5. The van der Waals surface area contributed by atoms with Gasteiger partial charge in [-0.15, -0.1) is 0 Å². The second kappa shape index (κ2) is 6.01. The van der Waals surface area contributed by atoms with Crippen LogP contribution in [0.3, 0.4) is 0 Å². The van der Waals surface area contributed by atoms with Crippen LogP contribution < -0.4 is 0 Å². The Kier molecular flexibility index (Phi) is 4.63. The molecule has 0 radical (unpaired) electrons. The number of carboxylic acids is 1. The maximum atomic E-state index is 10.9. The van der Waals surface area contributed by atoms with Gasteiger partial charge in [-0.1, -0.05) is 25.9 Å². The minimum absolute atomic E-state index is 0.0198.